The van der Waals surface area contributed by atoms with Gasteiger partial charge in [0.15, 0.2) is 0 Å². The van der Waals surface area contributed by atoms with Crippen LogP contribution in [0, 0.1) is 5.92 Å². The number of benzene rings is 2. The molecule has 150 valence electrons. The van der Waals surface area contributed by atoms with Crippen molar-refractivity contribution in [2.45, 2.75) is 45.1 Å². The molecule has 1 fully saturated rings. The molecular formula is C23H26N4O2. The molecule has 3 N–H and O–H groups in total. The van der Waals surface area contributed by atoms with Gasteiger partial charge in [-0.2, -0.15) is 0 Å². The minimum atomic E-state index is -0.602. The summed E-state index contributed by atoms with van der Waals surface area (Å²) in [5, 5.41) is 5.70. The summed E-state index contributed by atoms with van der Waals surface area (Å²) in [6, 6.07) is 15.1. The summed E-state index contributed by atoms with van der Waals surface area (Å²) in [6.45, 7) is 3.84. The Morgan fingerprint density at radius 3 is 2.66 bits per heavy atom. The molecule has 0 spiro atoms. The van der Waals surface area contributed by atoms with Crippen LogP contribution in [0.2, 0.25) is 0 Å². The van der Waals surface area contributed by atoms with Crippen molar-refractivity contribution in [3.05, 3.63) is 59.9 Å². The maximum atomic E-state index is 12.6. The topological polar surface area (TPSA) is 86.9 Å². The van der Waals surface area contributed by atoms with E-state index in [1.54, 1.807) is 6.92 Å². The van der Waals surface area contributed by atoms with Crippen LogP contribution in [0.25, 0.3) is 11.0 Å². The summed E-state index contributed by atoms with van der Waals surface area (Å²) in [6.07, 6.45) is 2.86. The number of para-hydroxylation sites is 2. The summed E-state index contributed by atoms with van der Waals surface area (Å²) in [5.41, 5.74) is 3.87. The molecule has 3 aromatic rings. The lowest BCUT2D eigenvalue weighted by Gasteiger charge is -2.14. The molecule has 0 saturated heterocycles. The predicted molar refractivity (Wildman–Crippen MR) is 114 cm³/mol. The third kappa shape index (κ3) is 4.31. The molecule has 2 aromatic carbocycles. The minimum Gasteiger partial charge on any atom is -0.344 e. The molecule has 0 aliphatic heterocycles. The van der Waals surface area contributed by atoms with E-state index in [1.165, 1.54) is 5.56 Å². The average molecular weight is 390 g/mol. The van der Waals surface area contributed by atoms with Crippen LogP contribution in [0.1, 0.15) is 44.0 Å². The maximum Gasteiger partial charge on any atom is 0.246 e. The fraction of sp³-hybridized carbons (Fsp3) is 0.348. The number of nitrogens with one attached hydrogen (secondary N) is 3. The van der Waals surface area contributed by atoms with E-state index >= 15 is 0 Å². The van der Waals surface area contributed by atoms with E-state index in [-0.39, 0.29) is 23.7 Å². The molecule has 6 heteroatoms. The monoisotopic (exact) mass is 390 g/mol. The van der Waals surface area contributed by atoms with Gasteiger partial charge in [-0.15, -0.1) is 0 Å². The Hall–Kier alpha value is -3.15. The number of hydrogen-bond donors (Lipinski definition) is 3. The Kier molecular flexibility index (Phi) is 5.34. The zero-order chi connectivity index (χ0) is 20.4. The van der Waals surface area contributed by atoms with E-state index in [4.69, 9.17) is 0 Å². The zero-order valence-corrected chi connectivity index (χ0v) is 16.7. The number of aromatic amines is 1. The number of aromatic nitrogens is 2. The molecule has 0 radical (unpaired) electrons. The first-order chi connectivity index (χ1) is 14.0. The Bertz CT molecular complexity index is 992. The van der Waals surface area contributed by atoms with Crippen molar-refractivity contribution in [1.82, 2.24) is 15.3 Å². The predicted octanol–water partition coefficient (Wildman–Crippen LogP) is 3.76. The van der Waals surface area contributed by atoms with Crippen molar-refractivity contribution >= 4 is 28.5 Å². The number of H-pyrrole nitrogens is 1. The van der Waals surface area contributed by atoms with Gasteiger partial charge in [-0.1, -0.05) is 37.6 Å². The van der Waals surface area contributed by atoms with E-state index < -0.39 is 6.04 Å². The highest BCUT2D eigenvalue weighted by Gasteiger charge is 2.46. The van der Waals surface area contributed by atoms with Crippen molar-refractivity contribution in [2.75, 3.05) is 5.32 Å². The number of fused-ring (bicyclic) bond motifs is 1. The number of carbonyl (C=O) groups is 2. The quantitative estimate of drug-likeness (QED) is 0.574. The van der Waals surface area contributed by atoms with Crippen LogP contribution in [0.5, 0.6) is 0 Å². The molecule has 1 saturated carbocycles. The third-order valence-corrected chi connectivity index (χ3v) is 5.40. The van der Waals surface area contributed by atoms with Crippen LogP contribution >= 0.6 is 0 Å². The van der Waals surface area contributed by atoms with Crippen LogP contribution < -0.4 is 10.6 Å². The van der Waals surface area contributed by atoms with Crippen molar-refractivity contribution < 1.29 is 9.59 Å². The van der Waals surface area contributed by atoms with Crippen molar-refractivity contribution in [2.24, 2.45) is 5.92 Å². The number of aryl methyl sites for hydroxylation is 1. The minimum absolute atomic E-state index is 0.0868. The number of rotatable bonds is 7. The summed E-state index contributed by atoms with van der Waals surface area (Å²) in [7, 11) is 0. The average Bonchev–Trinajstić information content (AvgIpc) is 3.41. The van der Waals surface area contributed by atoms with E-state index in [0.717, 1.165) is 41.8 Å². The zero-order valence-electron chi connectivity index (χ0n) is 16.7. The van der Waals surface area contributed by atoms with Crippen LogP contribution in [-0.4, -0.2) is 27.8 Å². The van der Waals surface area contributed by atoms with Crippen LogP contribution in [0.4, 0.5) is 5.69 Å². The van der Waals surface area contributed by atoms with Crippen LogP contribution in [0.3, 0.4) is 0 Å². The Morgan fingerprint density at radius 1 is 1.17 bits per heavy atom. The number of hydrogen-bond acceptors (Lipinski definition) is 3. The molecule has 1 aliphatic carbocycles. The molecule has 1 aromatic heterocycles. The largest absolute Gasteiger partial charge is 0.344 e. The Balaban J connectivity index is 1.30. The van der Waals surface area contributed by atoms with Gasteiger partial charge >= 0.3 is 0 Å². The molecule has 6 nitrogen and oxygen atoms in total. The Labute approximate surface area is 170 Å². The van der Waals surface area contributed by atoms with Gasteiger partial charge in [0.2, 0.25) is 11.8 Å². The molecule has 3 unspecified atom stereocenters. The second-order valence-corrected chi connectivity index (χ2v) is 7.75. The first-order valence-electron chi connectivity index (χ1n) is 10.2. The smallest absolute Gasteiger partial charge is 0.246 e. The van der Waals surface area contributed by atoms with Crippen LogP contribution in [0.15, 0.2) is 48.5 Å². The molecule has 1 heterocycles. The fourth-order valence-electron chi connectivity index (χ4n) is 3.62. The first kappa shape index (κ1) is 19.2. The molecule has 1 aliphatic rings. The lowest BCUT2D eigenvalue weighted by Crippen LogP contribution is -2.42. The van der Waals surface area contributed by atoms with Gasteiger partial charge in [0.05, 0.1) is 11.0 Å². The van der Waals surface area contributed by atoms with Gasteiger partial charge in [0.1, 0.15) is 11.9 Å². The molecule has 4 rings (SSSR count). The fourth-order valence-corrected chi connectivity index (χ4v) is 3.62. The lowest BCUT2D eigenvalue weighted by atomic mass is 10.1. The number of amides is 2. The molecular weight excluding hydrogens is 364 g/mol. The molecule has 0 bridgehead atoms. The number of nitrogens with zero attached hydrogens (tertiary/aromatic N) is 1. The standard InChI is InChI=1S/C23H26N4O2/c1-3-6-15-9-11-16(12-10-15)25-22(28)14(2)24-23(29)18-13-17(18)21-26-19-7-4-5-8-20(19)27-21/h4-5,7-12,14,17-18H,3,6,13H2,1-2H3,(H,24,29)(H,25,28)(H,26,27). The number of imidazole rings is 1. The van der Waals surface area contributed by atoms with E-state index in [9.17, 15) is 9.59 Å². The first-order valence-corrected chi connectivity index (χ1v) is 10.2. The number of carbonyl (C=O) groups excluding carboxylic acids is 2. The SMILES string of the molecule is CCCc1ccc(NC(=O)C(C)NC(=O)C2CC2c2nc3ccccc3[nH]2)cc1. The van der Waals surface area contributed by atoms with Crippen LogP contribution in [-0.2, 0) is 16.0 Å². The van der Waals surface area contributed by atoms with E-state index in [1.807, 2.05) is 48.5 Å². The van der Waals surface area contributed by atoms with Gasteiger partial charge in [-0.05, 0) is 49.6 Å². The van der Waals surface area contributed by atoms with Crippen molar-refractivity contribution in [3.63, 3.8) is 0 Å². The summed E-state index contributed by atoms with van der Waals surface area (Å²) in [4.78, 5) is 32.9. The number of anilines is 1. The van der Waals surface area contributed by atoms with Gasteiger partial charge in [0, 0.05) is 17.5 Å². The highest BCUT2D eigenvalue weighted by molar-refractivity contribution is 5.97. The van der Waals surface area contributed by atoms with Gasteiger partial charge in [-0.3, -0.25) is 9.59 Å². The van der Waals surface area contributed by atoms with Gasteiger partial charge < -0.3 is 15.6 Å². The molecule has 29 heavy (non-hydrogen) atoms. The van der Waals surface area contributed by atoms with Crippen molar-refractivity contribution in [3.8, 4) is 0 Å². The van der Waals surface area contributed by atoms with Gasteiger partial charge in [0.25, 0.3) is 0 Å². The lowest BCUT2D eigenvalue weighted by molar-refractivity contribution is -0.127. The van der Waals surface area contributed by atoms with E-state index in [2.05, 4.69) is 27.5 Å². The second kappa shape index (κ2) is 8.07. The van der Waals surface area contributed by atoms with E-state index in [0.29, 0.717) is 0 Å². The highest BCUT2D eigenvalue weighted by Crippen LogP contribution is 2.46. The second-order valence-electron chi connectivity index (χ2n) is 7.75. The maximum absolute atomic E-state index is 12.6. The van der Waals surface area contributed by atoms with Crippen molar-refractivity contribution in [1.29, 1.82) is 0 Å². The summed E-state index contributed by atoms with van der Waals surface area (Å²) < 4.78 is 0. The normalized spacial score (nSPS) is 19.0. The highest BCUT2D eigenvalue weighted by atomic mass is 16.2. The Morgan fingerprint density at radius 2 is 1.93 bits per heavy atom. The third-order valence-electron chi connectivity index (χ3n) is 5.40. The van der Waals surface area contributed by atoms with Gasteiger partial charge in [-0.25, -0.2) is 4.98 Å². The molecule has 2 amide bonds. The summed E-state index contributed by atoms with van der Waals surface area (Å²) >= 11 is 0. The molecule has 3 atom stereocenters. The summed E-state index contributed by atoms with van der Waals surface area (Å²) in [5.74, 6) is 0.470.